The molecule has 1 aliphatic rings. The van der Waals surface area contributed by atoms with E-state index in [9.17, 15) is 4.79 Å². The zero-order chi connectivity index (χ0) is 9.19. The molecule has 0 radical (unpaired) electrons. The van der Waals surface area contributed by atoms with Crippen molar-refractivity contribution in [1.82, 2.24) is 0 Å². The Morgan fingerprint density at radius 2 is 2.42 bits per heavy atom. The maximum absolute atomic E-state index is 10.6. The van der Waals surface area contributed by atoms with Gasteiger partial charge in [-0.25, -0.2) is 4.79 Å². The fraction of sp³-hybridized carbons (Fsp3) is 0.444. The molecule has 0 fully saturated rings. The first-order chi connectivity index (χ1) is 5.57. The summed E-state index contributed by atoms with van der Waals surface area (Å²) >= 11 is 0. The third-order valence-corrected chi connectivity index (χ3v) is 2.03. The zero-order valence-corrected chi connectivity index (χ0v) is 7.20. The highest BCUT2D eigenvalue weighted by atomic mass is 16.5. The van der Waals surface area contributed by atoms with E-state index in [1.54, 1.807) is 19.3 Å². The van der Waals surface area contributed by atoms with Crippen LogP contribution in [0.3, 0.4) is 0 Å². The Bertz CT molecular complexity index is 252. The quantitative estimate of drug-likeness (QED) is 0.677. The third kappa shape index (κ3) is 1.74. The highest BCUT2D eigenvalue weighted by Crippen LogP contribution is 2.25. The molecule has 0 saturated heterocycles. The number of ether oxygens (including phenoxy) is 1. The largest absolute Gasteiger partial charge is 0.478 e. The number of carbonyl (C=O) groups is 1. The number of methoxy groups -OCH3 is 1. The summed E-state index contributed by atoms with van der Waals surface area (Å²) in [7, 11) is 1.58. The summed E-state index contributed by atoms with van der Waals surface area (Å²) in [5, 5.41) is 8.71. The number of carboxylic acid groups (broad SMARTS) is 1. The average molecular weight is 168 g/mol. The molecule has 0 aromatic carbocycles. The van der Waals surface area contributed by atoms with Gasteiger partial charge in [0.2, 0.25) is 0 Å². The molecule has 0 amide bonds. The van der Waals surface area contributed by atoms with Gasteiger partial charge in [0.25, 0.3) is 0 Å². The van der Waals surface area contributed by atoms with Crippen molar-refractivity contribution in [3.05, 3.63) is 23.8 Å². The molecule has 12 heavy (non-hydrogen) atoms. The van der Waals surface area contributed by atoms with Crippen molar-refractivity contribution >= 4 is 5.97 Å². The van der Waals surface area contributed by atoms with E-state index in [1.807, 2.05) is 13.0 Å². The van der Waals surface area contributed by atoms with Crippen molar-refractivity contribution in [3.63, 3.8) is 0 Å². The molecule has 0 spiro atoms. The molecule has 1 aliphatic carbocycles. The summed E-state index contributed by atoms with van der Waals surface area (Å²) in [6.45, 7) is 1.86. The van der Waals surface area contributed by atoms with Gasteiger partial charge in [-0.2, -0.15) is 0 Å². The molecule has 0 aromatic rings. The van der Waals surface area contributed by atoms with Crippen LogP contribution < -0.4 is 0 Å². The van der Waals surface area contributed by atoms with Gasteiger partial charge in [-0.3, -0.25) is 0 Å². The number of rotatable bonds is 2. The lowest BCUT2D eigenvalue weighted by atomic mass is 9.91. The van der Waals surface area contributed by atoms with Crippen molar-refractivity contribution in [3.8, 4) is 0 Å². The van der Waals surface area contributed by atoms with Crippen LogP contribution in [-0.2, 0) is 9.53 Å². The molecule has 3 heteroatoms. The second-order valence-corrected chi connectivity index (χ2v) is 3.05. The zero-order valence-electron chi connectivity index (χ0n) is 7.20. The van der Waals surface area contributed by atoms with Crippen molar-refractivity contribution in [2.24, 2.45) is 0 Å². The van der Waals surface area contributed by atoms with E-state index < -0.39 is 11.6 Å². The summed E-state index contributed by atoms with van der Waals surface area (Å²) in [5.74, 6) is -0.873. The normalized spacial score (nSPS) is 28.3. The highest BCUT2D eigenvalue weighted by Gasteiger charge is 2.26. The van der Waals surface area contributed by atoms with E-state index in [2.05, 4.69) is 0 Å². The minimum absolute atomic E-state index is 0.391. The average Bonchev–Trinajstić information content (AvgIpc) is 2.05. The lowest BCUT2D eigenvalue weighted by molar-refractivity contribution is -0.133. The van der Waals surface area contributed by atoms with Crippen LogP contribution in [0.5, 0.6) is 0 Å². The van der Waals surface area contributed by atoms with Crippen LogP contribution in [0.1, 0.15) is 13.3 Å². The summed E-state index contributed by atoms with van der Waals surface area (Å²) in [5.41, 5.74) is -0.0653. The van der Waals surface area contributed by atoms with Crippen molar-refractivity contribution < 1.29 is 14.6 Å². The molecule has 1 atom stereocenters. The fourth-order valence-corrected chi connectivity index (χ4v) is 1.15. The minimum atomic E-state index is -0.873. The van der Waals surface area contributed by atoms with Gasteiger partial charge >= 0.3 is 5.97 Å². The molecular weight excluding hydrogens is 156 g/mol. The molecule has 0 aromatic heterocycles. The Balaban J connectivity index is 2.80. The van der Waals surface area contributed by atoms with Crippen LogP contribution in [0.4, 0.5) is 0 Å². The standard InChI is InChI=1S/C9H12O3/c1-9(12-2)5-3-4-7(6-9)8(10)11/h3-5H,6H2,1-2H3,(H,10,11). The fourth-order valence-electron chi connectivity index (χ4n) is 1.15. The second kappa shape index (κ2) is 3.11. The molecule has 0 saturated carbocycles. The molecular formula is C9H12O3. The second-order valence-electron chi connectivity index (χ2n) is 3.05. The summed E-state index contributed by atoms with van der Waals surface area (Å²) in [6, 6.07) is 0. The van der Waals surface area contributed by atoms with Gasteiger partial charge < -0.3 is 9.84 Å². The van der Waals surface area contributed by atoms with Crippen molar-refractivity contribution in [2.45, 2.75) is 18.9 Å². The van der Waals surface area contributed by atoms with Crippen LogP contribution in [-0.4, -0.2) is 23.8 Å². The first-order valence-corrected chi connectivity index (χ1v) is 3.74. The Morgan fingerprint density at radius 3 is 2.92 bits per heavy atom. The topological polar surface area (TPSA) is 46.5 Å². The van der Waals surface area contributed by atoms with Gasteiger partial charge in [0.15, 0.2) is 0 Å². The maximum Gasteiger partial charge on any atom is 0.331 e. The Kier molecular flexibility index (Phi) is 2.33. The van der Waals surface area contributed by atoms with Crippen molar-refractivity contribution in [1.29, 1.82) is 0 Å². The minimum Gasteiger partial charge on any atom is -0.478 e. The molecule has 0 heterocycles. The SMILES string of the molecule is COC1(C)C=CC=C(C(=O)O)C1. The summed E-state index contributed by atoms with van der Waals surface area (Å²) in [6.07, 6.45) is 5.61. The third-order valence-electron chi connectivity index (χ3n) is 2.03. The van der Waals surface area contributed by atoms with Crippen LogP contribution in [0, 0.1) is 0 Å². The number of carboxylic acids is 1. The van der Waals surface area contributed by atoms with Crippen LogP contribution in [0.2, 0.25) is 0 Å². The number of aliphatic carboxylic acids is 1. The molecule has 1 rings (SSSR count). The van der Waals surface area contributed by atoms with Gasteiger partial charge in [-0.1, -0.05) is 18.2 Å². The van der Waals surface area contributed by atoms with E-state index in [0.717, 1.165) is 0 Å². The van der Waals surface area contributed by atoms with E-state index in [0.29, 0.717) is 12.0 Å². The summed E-state index contributed by atoms with van der Waals surface area (Å²) < 4.78 is 5.17. The monoisotopic (exact) mass is 168 g/mol. The first-order valence-electron chi connectivity index (χ1n) is 3.74. The number of hydrogen-bond acceptors (Lipinski definition) is 2. The molecule has 1 N–H and O–H groups in total. The predicted molar refractivity (Wildman–Crippen MR) is 44.9 cm³/mol. The predicted octanol–water partition coefficient (Wildman–Crippen LogP) is 1.36. The van der Waals surface area contributed by atoms with Crippen LogP contribution in [0.25, 0.3) is 0 Å². The van der Waals surface area contributed by atoms with E-state index >= 15 is 0 Å². The van der Waals surface area contributed by atoms with Gasteiger partial charge in [-0.05, 0) is 6.92 Å². The smallest absolute Gasteiger partial charge is 0.331 e. The van der Waals surface area contributed by atoms with E-state index in [4.69, 9.17) is 9.84 Å². The number of allylic oxidation sites excluding steroid dienone is 2. The molecule has 1 unspecified atom stereocenters. The van der Waals surface area contributed by atoms with Crippen molar-refractivity contribution in [2.75, 3.05) is 7.11 Å². The van der Waals surface area contributed by atoms with E-state index in [-0.39, 0.29) is 0 Å². The molecule has 0 aliphatic heterocycles. The van der Waals surface area contributed by atoms with Crippen LogP contribution in [0.15, 0.2) is 23.8 Å². The summed E-state index contributed by atoms with van der Waals surface area (Å²) in [4.78, 5) is 10.6. The Labute approximate surface area is 71.3 Å². The lowest BCUT2D eigenvalue weighted by Gasteiger charge is -2.26. The number of hydrogen-bond donors (Lipinski definition) is 1. The first kappa shape index (κ1) is 9.00. The Hall–Kier alpha value is -1.09. The van der Waals surface area contributed by atoms with Gasteiger partial charge in [0.1, 0.15) is 0 Å². The molecule has 0 bridgehead atoms. The highest BCUT2D eigenvalue weighted by molar-refractivity contribution is 5.87. The van der Waals surface area contributed by atoms with Gasteiger partial charge in [0, 0.05) is 19.1 Å². The maximum atomic E-state index is 10.6. The molecule has 66 valence electrons. The van der Waals surface area contributed by atoms with Gasteiger partial charge in [-0.15, -0.1) is 0 Å². The Morgan fingerprint density at radius 1 is 1.75 bits per heavy atom. The van der Waals surface area contributed by atoms with Gasteiger partial charge in [0.05, 0.1) is 5.60 Å². The molecule has 3 nitrogen and oxygen atoms in total. The van der Waals surface area contributed by atoms with E-state index in [1.165, 1.54) is 0 Å². The van der Waals surface area contributed by atoms with Crippen LogP contribution >= 0.6 is 0 Å². The lowest BCUT2D eigenvalue weighted by Crippen LogP contribution is -2.28.